The highest BCUT2D eigenvalue weighted by atomic mass is 31.0. The average Bonchev–Trinajstić information content (AvgIpc) is 1.69. The lowest BCUT2D eigenvalue weighted by Gasteiger charge is -2.05. The molecule has 0 aromatic carbocycles. The second-order valence-electron chi connectivity index (χ2n) is 1.29. The Balaban J connectivity index is 3.52. The summed E-state index contributed by atoms with van der Waals surface area (Å²) in [5.41, 5.74) is 0. The van der Waals surface area contributed by atoms with E-state index in [-0.39, 0.29) is 6.32 Å². The maximum atomic E-state index is 10.0. The topological polar surface area (TPSA) is 49.3 Å². The van der Waals surface area contributed by atoms with Crippen molar-refractivity contribution in [3.8, 4) is 0 Å². The number of nitrogens with one attached hydrogen (secondary N) is 1. The molecule has 0 aliphatic heterocycles. The van der Waals surface area contributed by atoms with Gasteiger partial charge in [0.1, 0.15) is 6.04 Å². The van der Waals surface area contributed by atoms with Crippen LogP contribution in [0.5, 0.6) is 0 Å². The van der Waals surface area contributed by atoms with Crippen molar-refractivity contribution in [2.24, 2.45) is 0 Å². The van der Waals surface area contributed by atoms with Gasteiger partial charge in [-0.15, -0.1) is 0 Å². The maximum absolute atomic E-state index is 10.0. The standard InChI is InChI=1S/C3H7BNO2P/c4-1-2(5-8)3(6)7/h2,5H,1,8H2,(H,6,7). The van der Waals surface area contributed by atoms with Crippen LogP contribution in [0.25, 0.3) is 0 Å². The van der Waals surface area contributed by atoms with E-state index in [2.05, 4.69) is 14.5 Å². The monoisotopic (exact) mass is 131 g/mol. The van der Waals surface area contributed by atoms with E-state index >= 15 is 0 Å². The summed E-state index contributed by atoms with van der Waals surface area (Å²) in [6, 6.07) is -0.639. The van der Waals surface area contributed by atoms with Gasteiger partial charge in [0.2, 0.25) is 0 Å². The molecule has 0 aliphatic rings. The quantitative estimate of drug-likeness (QED) is 0.397. The minimum Gasteiger partial charge on any atom is -0.480 e. The Morgan fingerprint density at radius 1 is 2.00 bits per heavy atom. The van der Waals surface area contributed by atoms with Crippen LogP contribution >= 0.6 is 9.39 Å². The molecule has 0 amide bonds. The predicted molar refractivity (Wildman–Crippen MR) is 34.8 cm³/mol. The fraction of sp³-hybridized carbons (Fsp3) is 0.667. The highest BCUT2D eigenvalue weighted by Crippen LogP contribution is 1.90. The van der Waals surface area contributed by atoms with Crippen LogP contribution in [0, 0.1) is 0 Å². The first-order valence-electron chi connectivity index (χ1n) is 2.11. The van der Waals surface area contributed by atoms with E-state index in [1.807, 2.05) is 0 Å². The van der Waals surface area contributed by atoms with Crippen molar-refractivity contribution in [3.05, 3.63) is 0 Å². The largest absolute Gasteiger partial charge is 0.480 e. The highest BCUT2D eigenvalue weighted by Gasteiger charge is 2.09. The van der Waals surface area contributed by atoms with Crippen LogP contribution in [0.4, 0.5) is 0 Å². The van der Waals surface area contributed by atoms with Gasteiger partial charge in [0.25, 0.3) is 0 Å². The van der Waals surface area contributed by atoms with Gasteiger partial charge >= 0.3 is 5.97 Å². The Kier molecular flexibility index (Phi) is 3.83. The third-order valence-electron chi connectivity index (χ3n) is 0.735. The summed E-state index contributed by atoms with van der Waals surface area (Å²) < 4.78 is 0. The van der Waals surface area contributed by atoms with E-state index < -0.39 is 12.0 Å². The normalized spacial score (nSPS) is 13.1. The van der Waals surface area contributed by atoms with Crippen molar-refractivity contribution in [2.75, 3.05) is 0 Å². The molecular weight excluding hydrogens is 124 g/mol. The van der Waals surface area contributed by atoms with Crippen molar-refractivity contribution in [1.82, 2.24) is 5.09 Å². The minimum absolute atomic E-state index is 0.110. The Labute approximate surface area is 51.5 Å². The van der Waals surface area contributed by atoms with Gasteiger partial charge in [-0.25, -0.2) is 0 Å². The summed E-state index contributed by atoms with van der Waals surface area (Å²) in [6.45, 7) is 0. The van der Waals surface area contributed by atoms with Gasteiger partial charge in [-0.3, -0.25) is 9.88 Å². The molecule has 2 atom stereocenters. The Morgan fingerprint density at radius 3 is 2.50 bits per heavy atom. The van der Waals surface area contributed by atoms with Gasteiger partial charge in [-0.1, -0.05) is 15.7 Å². The fourth-order valence-corrected chi connectivity index (χ4v) is 0.519. The molecule has 8 heavy (non-hydrogen) atoms. The zero-order valence-corrected chi connectivity index (χ0v) is 5.45. The van der Waals surface area contributed by atoms with Crippen LogP contribution in [0.2, 0.25) is 6.32 Å². The fourth-order valence-electron chi connectivity index (χ4n) is 0.240. The summed E-state index contributed by atoms with van der Waals surface area (Å²) in [5, 5.41) is 10.7. The van der Waals surface area contributed by atoms with Gasteiger partial charge in [-0.05, 0) is 0 Å². The van der Waals surface area contributed by atoms with E-state index in [9.17, 15) is 4.79 Å². The summed E-state index contributed by atoms with van der Waals surface area (Å²) in [6.07, 6.45) is 0.110. The summed E-state index contributed by atoms with van der Waals surface area (Å²) in [4.78, 5) is 10.0. The lowest BCUT2D eigenvalue weighted by atomic mass is 9.98. The molecule has 2 radical (unpaired) electrons. The van der Waals surface area contributed by atoms with Crippen molar-refractivity contribution >= 4 is 23.2 Å². The Morgan fingerprint density at radius 2 is 2.50 bits per heavy atom. The molecule has 2 N–H and O–H groups in total. The predicted octanol–water partition coefficient (Wildman–Crippen LogP) is -0.594. The van der Waals surface area contributed by atoms with Crippen molar-refractivity contribution in [1.29, 1.82) is 0 Å². The average molecular weight is 131 g/mol. The van der Waals surface area contributed by atoms with E-state index in [1.165, 1.54) is 0 Å². The van der Waals surface area contributed by atoms with Gasteiger partial charge in [-0.2, -0.15) is 0 Å². The summed E-state index contributed by atoms with van der Waals surface area (Å²) in [7, 11) is 7.12. The zero-order valence-electron chi connectivity index (χ0n) is 4.29. The van der Waals surface area contributed by atoms with Crippen LogP contribution in [-0.4, -0.2) is 25.0 Å². The first kappa shape index (κ1) is 7.92. The molecule has 0 aromatic rings. The molecule has 0 spiro atoms. The zero-order chi connectivity index (χ0) is 6.57. The molecule has 3 nitrogen and oxygen atoms in total. The molecular formula is C3H7BNO2P. The summed E-state index contributed by atoms with van der Waals surface area (Å²) in [5.74, 6) is -0.928. The third kappa shape index (κ3) is 2.29. The smallest absolute Gasteiger partial charge is 0.320 e. The molecule has 44 valence electrons. The van der Waals surface area contributed by atoms with E-state index in [0.717, 1.165) is 0 Å². The first-order chi connectivity index (χ1) is 3.72. The molecule has 0 aliphatic carbocycles. The van der Waals surface area contributed by atoms with Crippen molar-refractivity contribution in [3.63, 3.8) is 0 Å². The molecule has 0 saturated heterocycles. The second-order valence-corrected chi connectivity index (χ2v) is 1.63. The lowest BCUT2D eigenvalue weighted by Crippen LogP contribution is -2.29. The molecule has 0 rings (SSSR count). The maximum Gasteiger partial charge on any atom is 0.320 e. The Hall–Kier alpha value is -0.0751. The molecule has 5 heteroatoms. The van der Waals surface area contributed by atoms with E-state index in [0.29, 0.717) is 0 Å². The summed E-state index contributed by atoms with van der Waals surface area (Å²) >= 11 is 0. The van der Waals surface area contributed by atoms with E-state index in [4.69, 9.17) is 13.0 Å². The molecule has 0 bridgehead atoms. The molecule has 0 aromatic heterocycles. The van der Waals surface area contributed by atoms with Gasteiger partial charge < -0.3 is 5.11 Å². The number of hydrogen-bond acceptors (Lipinski definition) is 2. The molecule has 0 saturated carbocycles. The van der Waals surface area contributed by atoms with Gasteiger partial charge in [0.05, 0.1) is 7.85 Å². The van der Waals surface area contributed by atoms with Crippen molar-refractivity contribution < 1.29 is 9.90 Å². The number of hydrogen-bond donors (Lipinski definition) is 2. The molecule has 2 unspecified atom stereocenters. The van der Waals surface area contributed by atoms with Gasteiger partial charge in [0.15, 0.2) is 0 Å². The molecule has 0 fully saturated rings. The lowest BCUT2D eigenvalue weighted by molar-refractivity contribution is -0.138. The SMILES string of the molecule is [B]CC(NP)C(=O)O. The van der Waals surface area contributed by atoms with E-state index in [1.54, 1.807) is 0 Å². The molecule has 0 heterocycles. The Bertz CT molecular complexity index is 85.4. The second kappa shape index (κ2) is 3.87. The minimum atomic E-state index is -0.928. The number of aliphatic carboxylic acids is 1. The van der Waals surface area contributed by atoms with Crippen LogP contribution < -0.4 is 5.09 Å². The first-order valence-corrected chi connectivity index (χ1v) is 2.69. The number of carboxylic acid groups (broad SMARTS) is 1. The van der Waals surface area contributed by atoms with Crippen LogP contribution in [0.1, 0.15) is 0 Å². The van der Waals surface area contributed by atoms with Crippen LogP contribution in [0.3, 0.4) is 0 Å². The number of rotatable bonds is 3. The number of carbonyl (C=O) groups is 1. The van der Waals surface area contributed by atoms with Crippen LogP contribution in [-0.2, 0) is 4.79 Å². The number of carboxylic acids is 1. The van der Waals surface area contributed by atoms with Crippen molar-refractivity contribution in [2.45, 2.75) is 12.4 Å². The van der Waals surface area contributed by atoms with Crippen LogP contribution in [0.15, 0.2) is 0 Å². The van der Waals surface area contributed by atoms with Gasteiger partial charge in [0, 0.05) is 0 Å². The third-order valence-corrected chi connectivity index (χ3v) is 1.14. The highest BCUT2D eigenvalue weighted by molar-refractivity contribution is 7.13.